The Kier molecular flexibility index (Phi) is 8.52. The molecule has 2 aromatic carbocycles. The summed E-state index contributed by atoms with van der Waals surface area (Å²) in [5, 5.41) is 32.4. The van der Waals surface area contributed by atoms with Crippen LogP contribution in [-0.2, 0) is 12.8 Å². The topological polar surface area (TPSA) is 100 Å². The van der Waals surface area contributed by atoms with Crippen LogP contribution in [0.1, 0.15) is 78.0 Å². The van der Waals surface area contributed by atoms with Crippen molar-refractivity contribution in [1.82, 2.24) is 0 Å². The van der Waals surface area contributed by atoms with Crippen molar-refractivity contribution >= 4 is 17.0 Å². The minimum atomic E-state index is -0.626. The van der Waals surface area contributed by atoms with Crippen LogP contribution >= 0.6 is 0 Å². The van der Waals surface area contributed by atoms with Gasteiger partial charge in [-0.2, -0.15) is 0 Å². The Balaban J connectivity index is 2.03. The molecular formula is C35H40O6. The maximum absolute atomic E-state index is 14.3. The number of fused-ring (bicyclic) bond motifs is 3. The number of rotatable bonds is 8. The Morgan fingerprint density at radius 1 is 0.927 bits per heavy atom. The summed E-state index contributed by atoms with van der Waals surface area (Å²) in [6.45, 7) is 13.9. The SMILES string of the molecule is CC(C)=CCC/C(C)=C/Cc1c(-c2ccc(O)cc2O)oc2c3c(c(CC=C(C)C)c(O)c2c1=O)OC(C)(C)C=C3. The Morgan fingerprint density at radius 3 is 2.27 bits per heavy atom. The lowest BCUT2D eigenvalue weighted by molar-refractivity contribution is 0.157. The van der Waals surface area contributed by atoms with Gasteiger partial charge in [0.05, 0.1) is 11.1 Å². The molecular weight excluding hydrogens is 516 g/mol. The Bertz CT molecular complexity index is 1670. The average Bonchev–Trinajstić information content (AvgIpc) is 2.86. The molecule has 1 aliphatic heterocycles. The molecule has 216 valence electrons. The molecule has 0 aliphatic carbocycles. The molecule has 0 radical (unpaired) electrons. The van der Waals surface area contributed by atoms with Gasteiger partial charge < -0.3 is 24.5 Å². The summed E-state index contributed by atoms with van der Waals surface area (Å²) in [7, 11) is 0. The molecule has 0 atom stereocenters. The predicted molar refractivity (Wildman–Crippen MR) is 166 cm³/mol. The van der Waals surface area contributed by atoms with Crippen LogP contribution in [0, 0.1) is 0 Å². The molecule has 3 aromatic rings. The van der Waals surface area contributed by atoms with Crippen LogP contribution in [0.4, 0.5) is 0 Å². The van der Waals surface area contributed by atoms with Gasteiger partial charge >= 0.3 is 0 Å². The van der Waals surface area contributed by atoms with Crippen LogP contribution in [0.2, 0.25) is 0 Å². The number of ether oxygens (including phenoxy) is 1. The zero-order chi connectivity index (χ0) is 30.1. The first kappa shape index (κ1) is 29.8. The summed E-state index contributed by atoms with van der Waals surface area (Å²) >= 11 is 0. The first-order valence-electron chi connectivity index (χ1n) is 14.0. The number of hydrogen-bond donors (Lipinski definition) is 3. The second-order valence-electron chi connectivity index (χ2n) is 11.8. The summed E-state index contributed by atoms with van der Waals surface area (Å²) in [4.78, 5) is 14.3. The Morgan fingerprint density at radius 2 is 1.61 bits per heavy atom. The molecule has 3 N–H and O–H groups in total. The number of phenols is 3. The van der Waals surface area contributed by atoms with Crippen LogP contribution in [0.15, 0.2) is 68.4 Å². The van der Waals surface area contributed by atoms with Crippen LogP contribution < -0.4 is 10.2 Å². The third-order valence-electron chi connectivity index (χ3n) is 7.20. The zero-order valence-electron chi connectivity index (χ0n) is 25.0. The highest BCUT2D eigenvalue weighted by Gasteiger charge is 2.31. The fourth-order valence-electron chi connectivity index (χ4n) is 4.93. The first-order valence-corrected chi connectivity index (χ1v) is 14.0. The van der Waals surface area contributed by atoms with Gasteiger partial charge in [-0.25, -0.2) is 0 Å². The molecule has 0 fully saturated rings. The standard InChI is InChI=1S/C35H40O6/c1-20(2)9-8-10-22(5)12-15-25-30(38)29-31(39)26(14-11-21(3)4)33-27(17-18-35(6,7)41-33)34(29)40-32(25)24-16-13-23(36)19-28(24)37/h9,11-13,16-19,36-37,39H,8,10,14-15H2,1-7H3/b22-12+. The number of aromatic hydroxyl groups is 3. The van der Waals surface area contributed by atoms with Crippen molar-refractivity contribution in [2.24, 2.45) is 0 Å². The number of phenolic OH excluding ortho intramolecular Hbond substituents is 3. The maximum Gasteiger partial charge on any atom is 0.200 e. The van der Waals surface area contributed by atoms with E-state index < -0.39 is 5.60 Å². The van der Waals surface area contributed by atoms with E-state index in [0.717, 1.165) is 24.0 Å². The summed E-state index contributed by atoms with van der Waals surface area (Å²) in [6, 6.07) is 4.17. The average molecular weight is 557 g/mol. The predicted octanol–water partition coefficient (Wildman–Crippen LogP) is 8.50. The lowest BCUT2D eigenvalue weighted by Crippen LogP contribution is -2.28. The molecule has 6 heteroatoms. The van der Waals surface area contributed by atoms with Crippen molar-refractivity contribution in [3.05, 3.63) is 86.1 Å². The highest BCUT2D eigenvalue weighted by Crippen LogP contribution is 2.46. The number of hydrogen-bond acceptors (Lipinski definition) is 6. The van der Waals surface area contributed by atoms with E-state index in [1.807, 2.05) is 58.9 Å². The van der Waals surface area contributed by atoms with Gasteiger partial charge in [0.2, 0.25) is 5.43 Å². The molecule has 41 heavy (non-hydrogen) atoms. The molecule has 6 nitrogen and oxygen atoms in total. The van der Waals surface area contributed by atoms with E-state index in [1.54, 1.807) is 0 Å². The molecule has 0 unspecified atom stereocenters. The van der Waals surface area contributed by atoms with Crippen LogP contribution in [0.3, 0.4) is 0 Å². The minimum Gasteiger partial charge on any atom is -0.508 e. The lowest BCUT2D eigenvalue weighted by Gasteiger charge is -2.30. The van der Waals surface area contributed by atoms with Crippen molar-refractivity contribution in [1.29, 1.82) is 0 Å². The molecule has 1 aromatic heterocycles. The normalized spacial score (nSPS) is 14.0. The highest BCUT2D eigenvalue weighted by atomic mass is 16.5. The molecule has 2 heterocycles. The van der Waals surface area contributed by atoms with E-state index in [1.165, 1.54) is 23.8 Å². The summed E-state index contributed by atoms with van der Waals surface area (Å²) in [5.74, 6) is 0.160. The fourth-order valence-corrected chi connectivity index (χ4v) is 4.93. The largest absolute Gasteiger partial charge is 0.508 e. The fraction of sp³-hybridized carbons (Fsp3) is 0.343. The third-order valence-corrected chi connectivity index (χ3v) is 7.20. The molecule has 4 rings (SSSR count). The summed E-state index contributed by atoms with van der Waals surface area (Å²) < 4.78 is 12.8. The summed E-state index contributed by atoms with van der Waals surface area (Å²) in [6.07, 6.45) is 12.3. The van der Waals surface area contributed by atoms with Crippen molar-refractivity contribution in [2.45, 2.75) is 79.8 Å². The smallest absolute Gasteiger partial charge is 0.200 e. The molecule has 0 bridgehead atoms. The summed E-state index contributed by atoms with van der Waals surface area (Å²) in [5.41, 5.74) is 4.29. The third kappa shape index (κ3) is 6.43. The number of allylic oxidation sites excluding steroid dienone is 6. The van der Waals surface area contributed by atoms with Gasteiger partial charge in [-0.05, 0) is 98.4 Å². The molecule has 0 saturated heterocycles. The molecule has 0 saturated carbocycles. The molecule has 1 aliphatic rings. The zero-order valence-corrected chi connectivity index (χ0v) is 25.0. The second-order valence-corrected chi connectivity index (χ2v) is 11.8. The van der Waals surface area contributed by atoms with Gasteiger partial charge in [0.15, 0.2) is 5.58 Å². The Hall–Kier alpha value is -4.19. The maximum atomic E-state index is 14.3. The van der Waals surface area contributed by atoms with Gasteiger partial charge in [-0.1, -0.05) is 34.9 Å². The van der Waals surface area contributed by atoms with E-state index in [0.29, 0.717) is 28.9 Å². The first-order chi connectivity index (χ1) is 19.3. The van der Waals surface area contributed by atoms with Crippen molar-refractivity contribution in [2.75, 3.05) is 0 Å². The van der Waals surface area contributed by atoms with Crippen molar-refractivity contribution in [3.63, 3.8) is 0 Å². The second kappa shape index (κ2) is 11.7. The van der Waals surface area contributed by atoms with Gasteiger partial charge in [-0.15, -0.1) is 0 Å². The molecule has 0 spiro atoms. The van der Waals surface area contributed by atoms with Gasteiger partial charge in [0, 0.05) is 17.2 Å². The monoisotopic (exact) mass is 556 g/mol. The van der Waals surface area contributed by atoms with Crippen LogP contribution in [-0.4, -0.2) is 20.9 Å². The van der Waals surface area contributed by atoms with E-state index >= 15 is 0 Å². The lowest BCUT2D eigenvalue weighted by atomic mass is 9.92. The van der Waals surface area contributed by atoms with E-state index in [-0.39, 0.29) is 51.4 Å². The van der Waals surface area contributed by atoms with Crippen LogP contribution in [0.25, 0.3) is 28.4 Å². The van der Waals surface area contributed by atoms with Gasteiger partial charge in [-0.3, -0.25) is 4.79 Å². The highest BCUT2D eigenvalue weighted by molar-refractivity contribution is 5.97. The van der Waals surface area contributed by atoms with Gasteiger partial charge in [0.25, 0.3) is 0 Å². The van der Waals surface area contributed by atoms with Crippen molar-refractivity contribution < 1.29 is 24.5 Å². The Labute approximate surface area is 241 Å². The minimum absolute atomic E-state index is 0.0847. The van der Waals surface area contributed by atoms with Gasteiger partial charge in [0.1, 0.15) is 39.7 Å². The quantitative estimate of drug-likeness (QED) is 0.241. The van der Waals surface area contributed by atoms with Crippen LogP contribution in [0.5, 0.6) is 23.0 Å². The molecule has 0 amide bonds. The van der Waals surface area contributed by atoms with Crippen molar-refractivity contribution in [3.8, 4) is 34.3 Å². The van der Waals surface area contributed by atoms with E-state index in [9.17, 15) is 20.1 Å². The number of benzene rings is 2. The van der Waals surface area contributed by atoms with E-state index in [2.05, 4.69) is 19.9 Å². The van der Waals surface area contributed by atoms with E-state index in [4.69, 9.17) is 9.15 Å².